The molecule has 0 radical (unpaired) electrons. The number of para-hydroxylation sites is 1. The van der Waals surface area contributed by atoms with E-state index in [-0.39, 0.29) is 0 Å². The number of allylic oxidation sites excluding steroid dienone is 1. The first-order valence-corrected chi connectivity index (χ1v) is 9.31. The Morgan fingerprint density at radius 3 is 2.41 bits per heavy atom. The highest BCUT2D eigenvalue weighted by Gasteiger charge is 2.33. The lowest BCUT2D eigenvalue weighted by atomic mass is 10.0. The molecule has 3 rings (SSSR count). The lowest BCUT2D eigenvalue weighted by Crippen LogP contribution is -2.15. The molecule has 0 aromatic heterocycles. The van der Waals surface area contributed by atoms with Crippen molar-refractivity contribution >= 4 is 12.7 Å². The molecule has 0 bridgehead atoms. The maximum absolute atomic E-state index is 13.4. The second kappa shape index (κ2) is 6.01. The molecule has 3 heteroatoms. The van der Waals surface area contributed by atoms with E-state index in [2.05, 4.69) is 19.6 Å². The summed E-state index contributed by atoms with van der Waals surface area (Å²) in [6.45, 7) is 4.17. The fraction of sp³-hybridized carbons (Fsp3) is 0.211. The van der Waals surface area contributed by atoms with Gasteiger partial charge < -0.3 is 4.52 Å². The van der Waals surface area contributed by atoms with Gasteiger partial charge in [0.25, 0.3) is 0 Å². The molecule has 1 aliphatic heterocycles. The summed E-state index contributed by atoms with van der Waals surface area (Å²) in [7, 11) is -3.07. The SMILES string of the molecule is CCC(=C=CP1(=O)Oc2ccccc2-c2ccccc21)CC. The molecule has 1 heterocycles. The summed E-state index contributed by atoms with van der Waals surface area (Å²) >= 11 is 0. The van der Waals surface area contributed by atoms with Gasteiger partial charge in [0.2, 0.25) is 0 Å². The van der Waals surface area contributed by atoms with Crippen LogP contribution in [0.5, 0.6) is 5.75 Å². The molecule has 2 aromatic rings. The average Bonchev–Trinajstić information content (AvgIpc) is 2.56. The Morgan fingerprint density at radius 2 is 1.68 bits per heavy atom. The molecule has 0 saturated heterocycles. The van der Waals surface area contributed by atoms with Crippen molar-refractivity contribution in [3.8, 4) is 16.9 Å². The highest BCUT2D eigenvalue weighted by atomic mass is 31.2. The summed E-state index contributed by atoms with van der Waals surface area (Å²) in [4.78, 5) is 0. The summed E-state index contributed by atoms with van der Waals surface area (Å²) < 4.78 is 19.3. The van der Waals surface area contributed by atoms with Gasteiger partial charge >= 0.3 is 7.37 Å². The van der Waals surface area contributed by atoms with Crippen LogP contribution in [0.3, 0.4) is 0 Å². The number of hydrogen-bond donors (Lipinski definition) is 0. The van der Waals surface area contributed by atoms with E-state index < -0.39 is 7.37 Å². The minimum atomic E-state index is -3.07. The predicted octanol–water partition coefficient (Wildman–Crippen LogP) is 5.51. The minimum Gasteiger partial charge on any atom is -0.436 e. The first-order chi connectivity index (χ1) is 10.7. The molecular weight excluding hydrogens is 291 g/mol. The van der Waals surface area contributed by atoms with E-state index >= 15 is 0 Å². The van der Waals surface area contributed by atoms with Crippen LogP contribution in [0, 0.1) is 0 Å². The third-order valence-corrected chi connectivity index (χ3v) is 5.94. The maximum Gasteiger partial charge on any atom is 0.307 e. The zero-order valence-electron chi connectivity index (χ0n) is 12.9. The van der Waals surface area contributed by atoms with Gasteiger partial charge in [-0.15, -0.1) is 5.73 Å². The number of hydrogen-bond acceptors (Lipinski definition) is 2. The number of rotatable bonds is 3. The van der Waals surface area contributed by atoms with Crippen molar-refractivity contribution in [3.05, 3.63) is 65.7 Å². The lowest BCUT2D eigenvalue weighted by Gasteiger charge is -2.26. The minimum absolute atomic E-state index is 0.678. The molecule has 1 atom stereocenters. The zero-order valence-corrected chi connectivity index (χ0v) is 13.8. The van der Waals surface area contributed by atoms with Crippen LogP contribution >= 0.6 is 7.37 Å². The topological polar surface area (TPSA) is 26.3 Å². The predicted molar refractivity (Wildman–Crippen MR) is 91.9 cm³/mol. The van der Waals surface area contributed by atoms with Gasteiger partial charge in [0.05, 0.1) is 11.1 Å². The molecule has 0 spiro atoms. The van der Waals surface area contributed by atoms with Crippen LogP contribution in [0.2, 0.25) is 0 Å². The number of benzene rings is 2. The smallest absolute Gasteiger partial charge is 0.307 e. The Kier molecular flexibility index (Phi) is 4.07. The molecule has 0 saturated carbocycles. The normalized spacial score (nSPS) is 18.5. The third-order valence-electron chi connectivity index (χ3n) is 3.94. The van der Waals surface area contributed by atoms with Crippen molar-refractivity contribution in [2.24, 2.45) is 0 Å². The molecule has 0 aliphatic carbocycles. The fourth-order valence-electron chi connectivity index (χ4n) is 2.66. The Labute approximate surface area is 131 Å². The zero-order chi connectivity index (χ0) is 15.6. The Balaban J connectivity index is 2.20. The number of fused-ring (bicyclic) bond motifs is 3. The average molecular weight is 310 g/mol. The summed E-state index contributed by atoms with van der Waals surface area (Å²) in [5, 5.41) is 0.757. The Morgan fingerprint density at radius 1 is 1.05 bits per heavy atom. The van der Waals surface area contributed by atoms with Crippen molar-refractivity contribution in [2.45, 2.75) is 26.7 Å². The van der Waals surface area contributed by atoms with Crippen LogP contribution in [-0.4, -0.2) is 0 Å². The highest BCUT2D eigenvalue weighted by molar-refractivity contribution is 7.70. The molecular formula is C19H19O2P. The van der Waals surface area contributed by atoms with Crippen molar-refractivity contribution in [3.63, 3.8) is 0 Å². The van der Waals surface area contributed by atoms with E-state index in [9.17, 15) is 4.57 Å². The molecule has 22 heavy (non-hydrogen) atoms. The van der Waals surface area contributed by atoms with Crippen LogP contribution in [0.15, 0.2) is 65.7 Å². The van der Waals surface area contributed by atoms with Crippen LogP contribution in [-0.2, 0) is 4.57 Å². The largest absolute Gasteiger partial charge is 0.436 e. The van der Waals surface area contributed by atoms with Gasteiger partial charge in [-0.2, -0.15) is 0 Å². The second-order valence-corrected chi connectivity index (χ2v) is 7.40. The van der Waals surface area contributed by atoms with E-state index in [1.807, 2.05) is 48.5 Å². The van der Waals surface area contributed by atoms with Gasteiger partial charge in [-0.05, 0) is 36.1 Å². The van der Waals surface area contributed by atoms with Gasteiger partial charge in [0.15, 0.2) is 0 Å². The van der Waals surface area contributed by atoms with E-state index in [1.54, 1.807) is 5.82 Å². The van der Waals surface area contributed by atoms with Gasteiger partial charge in [0.1, 0.15) is 5.75 Å². The van der Waals surface area contributed by atoms with Crippen molar-refractivity contribution in [2.75, 3.05) is 0 Å². The first kappa shape index (κ1) is 14.9. The molecule has 1 aliphatic rings. The molecule has 112 valence electrons. The molecule has 0 amide bonds. The van der Waals surface area contributed by atoms with Crippen LogP contribution in [0.4, 0.5) is 0 Å². The van der Waals surface area contributed by atoms with E-state index in [0.717, 1.165) is 34.8 Å². The molecule has 1 unspecified atom stereocenters. The first-order valence-electron chi connectivity index (χ1n) is 7.62. The molecule has 2 nitrogen and oxygen atoms in total. The van der Waals surface area contributed by atoms with Gasteiger partial charge in [-0.3, -0.25) is 4.57 Å². The Hall–Kier alpha value is -2.01. The Bertz CT molecular complexity index is 808. The molecule has 0 N–H and O–H groups in total. The van der Waals surface area contributed by atoms with Crippen molar-refractivity contribution in [1.82, 2.24) is 0 Å². The second-order valence-electron chi connectivity index (χ2n) is 5.29. The lowest BCUT2D eigenvalue weighted by molar-refractivity contribution is 0.501. The summed E-state index contributed by atoms with van der Waals surface area (Å²) in [6, 6.07) is 15.5. The van der Waals surface area contributed by atoms with E-state index in [4.69, 9.17) is 4.52 Å². The highest BCUT2D eigenvalue weighted by Crippen LogP contribution is 2.55. The van der Waals surface area contributed by atoms with E-state index in [1.165, 1.54) is 0 Å². The fourth-order valence-corrected chi connectivity index (χ4v) is 4.58. The summed E-state index contributed by atoms with van der Waals surface area (Å²) in [5.74, 6) is 2.32. The van der Waals surface area contributed by atoms with Crippen LogP contribution < -0.4 is 9.83 Å². The van der Waals surface area contributed by atoms with Crippen molar-refractivity contribution in [1.29, 1.82) is 0 Å². The monoisotopic (exact) mass is 310 g/mol. The summed E-state index contributed by atoms with van der Waals surface area (Å²) in [6.07, 6.45) is 1.82. The maximum atomic E-state index is 13.4. The standard InChI is InChI=1S/C19H19O2P/c1-3-15(4-2)13-14-22(20)19-12-8-6-10-17(19)16-9-5-7-11-18(16)21-22/h5-12,14H,3-4H2,1-2H3. The van der Waals surface area contributed by atoms with E-state index in [0.29, 0.717) is 5.75 Å². The third kappa shape index (κ3) is 2.57. The van der Waals surface area contributed by atoms with Crippen molar-refractivity contribution < 1.29 is 9.09 Å². The van der Waals surface area contributed by atoms with Gasteiger partial charge in [-0.25, -0.2) is 0 Å². The molecule has 2 aromatic carbocycles. The van der Waals surface area contributed by atoms with Gasteiger partial charge in [0, 0.05) is 5.56 Å². The summed E-state index contributed by atoms with van der Waals surface area (Å²) in [5.41, 5.74) is 6.33. The van der Waals surface area contributed by atoms with Gasteiger partial charge in [-0.1, -0.05) is 50.2 Å². The van der Waals surface area contributed by atoms with Crippen LogP contribution in [0.1, 0.15) is 26.7 Å². The van der Waals surface area contributed by atoms with Crippen LogP contribution in [0.25, 0.3) is 11.1 Å². The quantitative estimate of drug-likeness (QED) is 0.552. The molecule has 0 fully saturated rings.